The zero-order valence-corrected chi connectivity index (χ0v) is 18.3. The minimum Gasteiger partial charge on any atom is -0.492 e. The minimum absolute atomic E-state index is 0.0763. The van der Waals surface area contributed by atoms with Gasteiger partial charge in [-0.2, -0.15) is 0 Å². The summed E-state index contributed by atoms with van der Waals surface area (Å²) in [6.07, 6.45) is 7.22. The number of carbonyl (C=O) groups excluding carboxylic acids is 1. The highest BCUT2D eigenvalue weighted by atomic mass is 79.9. The quantitative estimate of drug-likeness (QED) is 0.367. The molecule has 0 radical (unpaired) electrons. The van der Waals surface area contributed by atoms with Gasteiger partial charge in [0.15, 0.2) is 0 Å². The average molecular weight is 447 g/mol. The van der Waals surface area contributed by atoms with Crippen molar-refractivity contribution in [3.63, 3.8) is 0 Å². The molecule has 2 amide bonds. The highest BCUT2D eigenvalue weighted by Gasteiger charge is 2.13. The predicted molar refractivity (Wildman–Crippen MR) is 120 cm³/mol. The molecule has 2 rings (SSSR count). The van der Waals surface area contributed by atoms with Crippen molar-refractivity contribution in [2.24, 2.45) is 0 Å². The van der Waals surface area contributed by atoms with E-state index in [4.69, 9.17) is 4.74 Å². The standard InChI is InChI=1S/C23H31BrN2O2/c1-2-3-4-5-6-10-17-26(18-19-28-22-11-8-7-9-12-22)23(27)25-21-15-13-20(24)14-16-21/h7-9,11-16H,2-6,10,17-19H2,1H3,(H,25,27). The van der Waals surface area contributed by atoms with Gasteiger partial charge in [-0.25, -0.2) is 4.79 Å². The minimum atomic E-state index is -0.0763. The number of amides is 2. The molecule has 0 heterocycles. The van der Waals surface area contributed by atoms with Crippen LogP contribution in [-0.4, -0.2) is 30.6 Å². The van der Waals surface area contributed by atoms with Crippen LogP contribution in [0.5, 0.6) is 5.75 Å². The van der Waals surface area contributed by atoms with Crippen molar-refractivity contribution in [3.05, 3.63) is 59.1 Å². The molecule has 0 bridgehead atoms. The first-order valence-electron chi connectivity index (χ1n) is 10.2. The van der Waals surface area contributed by atoms with Crippen LogP contribution in [0, 0.1) is 0 Å². The fraction of sp³-hybridized carbons (Fsp3) is 0.435. The summed E-state index contributed by atoms with van der Waals surface area (Å²) in [7, 11) is 0. The molecule has 0 aliphatic carbocycles. The molecule has 0 fully saturated rings. The maximum Gasteiger partial charge on any atom is 0.321 e. The van der Waals surface area contributed by atoms with Crippen molar-refractivity contribution in [1.29, 1.82) is 0 Å². The summed E-state index contributed by atoms with van der Waals surface area (Å²) in [6.45, 7) is 4.01. The van der Waals surface area contributed by atoms with E-state index in [0.29, 0.717) is 13.2 Å². The molecule has 0 spiro atoms. The Balaban J connectivity index is 1.84. The molecule has 2 aromatic rings. The van der Waals surface area contributed by atoms with E-state index in [2.05, 4.69) is 28.2 Å². The van der Waals surface area contributed by atoms with Gasteiger partial charge in [-0.3, -0.25) is 0 Å². The third-order valence-electron chi connectivity index (χ3n) is 4.54. The molecule has 0 aliphatic heterocycles. The van der Waals surface area contributed by atoms with Gasteiger partial charge in [-0.15, -0.1) is 0 Å². The molecule has 4 nitrogen and oxygen atoms in total. The van der Waals surface area contributed by atoms with Crippen molar-refractivity contribution in [1.82, 2.24) is 4.90 Å². The zero-order chi connectivity index (χ0) is 20.0. The lowest BCUT2D eigenvalue weighted by atomic mass is 10.1. The van der Waals surface area contributed by atoms with Gasteiger partial charge < -0.3 is 15.0 Å². The Bertz CT molecular complexity index is 677. The molecular formula is C23H31BrN2O2. The van der Waals surface area contributed by atoms with E-state index in [1.54, 1.807) is 0 Å². The monoisotopic (exact) mass is 446 g/mol. The van der Waals surface area contributed by atoms with Gasteiger partial charge >= 0.3 is 6.03 Å². The zero-order valence-electron chi connectivity index (χ0n) is 16.7. The summed E-state index contributed by atoms with van der Waals surface area (Å²) < 4.78 is 6.78. The van der Waals surface area contributed by atoms with Crippen molar-refractivity contribution in [2.75, 3.05) is 25.0 Å². The molecule has 0 unspecified atom stereocenters. The number of unbranched alkanes of at least 4 members (excludes halogenated alkanes) is 5. The number of hydrogen-bond donors (Lipinski definition) is 1. The number of nitrogens with zero attached hydrogens (tertiary/aromatic N) is 1. The summed E-state index contributed by atoms with van der Waals surface area (Å²) in [5.74, 6) is 0.829. The first-order valence-corrected chi connectivity index (χ1v) is 11.0. The van der Waals surface area contributed by atoms with Gasteiger partial charge in [-0.1, -0.05) is 73.2 Å². The van der Waals surface area contributed by atoms with Crippen LogP contribution in [0.1, 0.15) is 45.4 Å². The van der Waals surface area contributed by atoms with Gasteiger partial charge in [0, 0.05) is 16.7 Å². The molecule has 5 heteroatoms. The summed E-state index contributed by atoms with van der Waals surface area (Å²) >= 11 is 3.42. The second kappa shape index (κ2) is 13.2. The maximum atomic E-state index is 12.8. The molecule has 2 aromatic carbocycles. The van der Waals surface area contributed by atoms with Crippen LogP contribution in [0.4, 0.5) is 10.5 Å². The van der Waals surface area contributed by atoms with Gasteiger partial charge in [0.1, 0.15) is 12.4 Å². The van der Waals surface area contributed by atoms with Crippen molar-refractivity contribution < 1.29 is 9.53 Å². The van der Waals surface area contributed by atoms with E-state index < -0.39 is 0 Å². The summed E-state index contributed by atoms with van der Waals surface area (Å²) in [5, 5.41) is 2.99. The Labute approximate surface area is 177 Å². The molecule has 0 saturated heterocycles. The van der Waals surface area contributed by atoms with Crippen molar-refractivity contribution >= 4 is 27.6 Å². The topological polar surface area (TPSA) is 41.6 Å². The maximum absolute atomic E-state index is 12.8. The number of urea groups is 1. The van der Waals surface area contributed by atoms with E-state index >= 15 is 0 Å². The van der Waals surface area contributed by atoms with Crippen LogP contribution in [-0.2, 0) is 0 Å². The Kier molecular flexibility index (Phi) is 10.5. The van der Waals surface area contributed by atoms with Gasteiger partial charge in [0.05, 0.1) is 6.54 Å². The van der Waals surface area contributed by atoms with Crippen LogP contribution in [0.2, 0.25) is 0 Å². The first kappa shape index (κ1) is 22.3. The fourth-order valence-electron chi connectivity index (χ4n) is 2.92. The smallest absolute Gasteiger partial charge is 0.321 e. The highest BCUT2D eigenvalue weighted by Crippen LogP contribution is 2.15. The molecular weight excluding hydrogens is 416 g/mol. The number of rotatable bonds is 12. The van der Waals surface area contributed by atoms with Gasteiger partial charge in [0.25, 0.3) is 0 Å². The normalized spacial score (nSPS) is 10.5. The summed E-state index contributed by atoms with van der Waals surface area (Å²) in [6, 6.07) is 17.3. The van der Waals surface area contributed by atoms with Crippen molar-refractivity contribution in [3.8, 4) is 5.75 Å². The lowest BCUT2D eigenvalue weighted by Crippen LogP contribution is -2.38. The van der Waals surface area contributed by atoms with E-state index in [1.807, 2.05) is 59.5 Å². The number of anilines is 1. The summed E-state index contributed by atoms with van der Waals surface area (Å²) in [5.41, 5.74) is 0.796. The van der Waals surface area contributed by atoms with E-state index in [-0.39, 0.29) is 6.03 Å². The molecule has 152 valence electrons. The van der Waals surface area contributed by atoms with E-state index in [9.17, 15) is 4.79 Å². The fourth-order valence-corrected chi connectivity index (χ4v) is 3.19. The van der Waals surface area contributed by atoms with Gasteiger partial charge in [0.2, 0.25) is 0 Å². The van der Waals surface area contributed by atoms with E-state index in [0.717, 1.165) is 35.3 Å². The Morgan fingerprint density at radius 3 is 2.32 bits per heavy atom. The van der Waals surface area contributed by atoms with Crippen LogP contribution in [0.25, 0.3) is 0 Å². The number of hydrogen-bond acceptors (Lipinski definition) is 2. The Hall–Kier alpha value is -2.01. The molecule has 0 aliphatic rings. The highest BCUT2D eigenvalue weighted by molar-refractivity contribution is 9.10. The third kappa shape index (κ3) is 8.79. The number of nitrogens with one attached hydrogen (secondary N) is 1. The van der Waals surface area contributed by atoms with Crippen molar-refractivity contribution in [2.45, 2.75) is 45.4 Å². The molecule has 0 saturated carbocycles. The van der Waals surface area contributed by atoms with E-state index in [1.165, 1.54) is 25.7 Å². The second-order valence-electron chi connectivity index (χ2n) is 6.85. The van der Waals surface area contributed by atoms with Gasteiger partial charge in [-0.05, 0) is 42.8 Å². The predicted octanol–water partition coefficient (Wildman–Crippen LogP) is 6.72. The second-order valence-corrected chi connectivity index (χ2v) is 7.77. The largest absolute Gasteiger partial charge is 0.492 e. The van der Waals surface area contributed by atoms with Crippen LogP contribution >= 0.6 is 15.9 Å². The molecule has 1 N–H and O–H groups in total. The Morgan fingerprint density at radius 1 is 0.929 bits per heavy atom. The molecule has 0 atom stereocenters. The average Bonchev–Trinajstić information content (AvgIpc) is 2.71. The SMILES string of the molecule is CCCCCCCCN(CCOc1ccccc1)C(=O)Nc1ccc(Br)cc1. The molecule has 0 aromatic heterocycles. The molecule has 28 heavy (non-hydrogen) atoms. The number of para-hydroxylation sites is 1. The Morgan fingerprint density at radius 2 is 1.61 bits per heavy atom. The number of carbonyl (C=O) groups is 1. The third-order valence-corrected chi connectivity index (χ3v) is 5.07. The first-order chi connectivity index (χ1) is 13.7. The van der Waals surface area contributed by atoms with Crippen LogP contribution < -0.4 is 10.1 Å². The van der Waals surface area contributed by atoms with Crippen LogP contribution in [0.15, 0.2) is 59.1 Å². The lowest BCUT2D eigenvalue weighted by molar-refractivity contribution is 0.193. The summed E-state index contributed by atoms with van der Waals surface area (Å²) in [4.78, 5) is 14.6. The number of halogens is 1. The lowest BCUT2D eigenvalue weighted by Gasteiger charge is -2.23. The van der Waals surface area contributed by atoms with Crippen LogP contribution in [0.3, 0.4) is 0 Å². The number of ether oxygens (including phenoxy) is 1. The number of benzene rings is 2.